The first-order valence-electron chi connectivity index (χ1n) is 7.85. The fraction of sp³-hybridized carbons (Fsp3) is 0.278. The van der Waals surface area contributed by atoms with Gasteiger partial charge in [-0.2, -0.15) is 0 Å². The Bertz CT molecular complexity index is 735. The van der Waals surface area contributed by atoms with E-state index in [-0.39, 0.29) is 6.54 Å². The molecular formula is C18H18F2N2O2. The van der Waals surface area contributed by atoms with Crippen molar-refractivity contribution in [2.45, 2.75) is 19.4 Å². The van der Waals surface area contributed by atoms with E-state index in [1.807, 2.05) is 24.3 Å². The van der Waals surface area contributed by atoms with Crippen LogP contribution in [0.4, 0.5) is 14.5 Å². The Morgan fingerprint density at radius 2 is 1.88 bits per heavy atom. The molecule has 0 aliphatic carbocycles. The first kappa shape index (κ1) is 16.2. The number of nitrogens with zero attached hydrogens (tertiary/aromatic N) is 1. The highest BCUT2D eigenvalue weighted by molar-refractivity contribution is 5.97. The molecule has 0 bridgehead atoms. The van der Waals surface area contributed by atoms with E-state index >= 15 is 0 Å². The maximum Gasteiger partial charge on any atom is 0.258 e. The van der Waals surface area contributed by atoms with Gasteiger partial charge in [-0.1, -0.05) is 18.2 Å². The molecule has 1 aliphatic heterocycles. The molecule has 6 heteroatoms. The second-order valence-electron chi connectivity index (χ2n) is 5.79. The molecule has 1 heterocycles. The minimum atomic E-state index is -1.09. The third-order valence-electron chi connectivity index (χ3n) is 4.14. The van der Waals surface area contributed by atoms with Crippen LogP contribution in [-0.2, 0) is 6.54 Å². The Kier molecular flexibility index (Phi) is 4.64. The number of phenols is 1. The summed E-state index contributed by atoms with van der Waals surface area (Å²) in [7, 11) is 0. The lowest BCUT2D eigenvalue weighted by Gasteiger charge is -2.21. The summed E-state index contributed by atoms with van der Waals surface area (Å²) in [5, 5.41) is 12.2. The average Bonchev–Trinajstić information content (AvgIpc) is 3.06. The van der Waals surface area contributed by atoms with E-state index < -0.39 is 28.9 Å². The fourth-order valence-corrected chi connectivity index (χ4v) is 2.98. The minimum absolute atomic E-state index is 0.196. The molecule has 1 saturated heterocycles. The number of hydrogen-bond donors (Lipinski definition) is 2. The highest BCUT2D eigenvalue weighted by Crippen LogP contribution is 2.25. The summed E-state index contributed by atoms with van der Waals surface area (Å²) in [6.07, 6.45) is 2.27. The van der Waals surface area contributed by atoms with Crippen LogP contribution in [0.5, 0.6) is 5.75 Å². The van der Waals surface area contributed by atoms with Crippen LogP contribution in [0.3, 0.4) is 0 Å². The van der Waals surface area contributed by atoms with Gasteiger partial charge in [0.1, 0.15) is 22.9 Å². The van der Waals surface area contributed by atoms with Crippen LogP contribution in [-0.4, -0.2) is 24.1 Å². The maximum absolute atomic E-state index is 13.7. The lowest BCUT2D eigenvalue weighted by Crippen LogP contribution is -2.26. The van der Waals surface area contributed by atoms with Crippen LogP contribution in [0.15, 0.2) is 36.4 Å². The van der Waals surface area contributed by atoms with Gasteiger partial charge < -0.3 is 15.3 Å². The van der Waals surface area contributed by atoms with Crippen molar-refractivity contribution in [3.8, 4) is 5.75 Å². The first-order valence-corrected chi connectivity index (χ1v) is 7.85. The smallest absolute Gasteiger partial charge is 0.258 e. The molecule has 1 aliphatic rings. The van der Waals surface area contributed by atoms with Crippen LogP contribution in [0.1, 0.15) is 28.8 Å². The van der Waals surface area contributed by atoms with Gasteiger partial charge in [-0.3, -0.25) is 4.79 Å². The van der Waals surface area contributed by atoms with Crippen molar-refractivity contribution < 1.29 is 18.7 Å². The Labute approximate surface area is 138 Å². The van der Waals surface area contributed by atoms with Crippen LogP contribution in [0.2, 0.25) is 0 Å². The van der Waals surface area contributed by atoms with Crippen molar-refractivity contribution in [3.05, 3.63) is 59.2 Å². The molecule has 1 amide bonds. The predicted molar refractivity (Wildman–Crippen MR) is 87.1 cm³/mol. The van der Waals surface area contributed by atoms with E-state index in [1.165, 1.54) is 0 Å². The second-order valence-corrected chi connectivity index (χ2v) is 5.79. The number of anilines is 1. The summed E-state index contributed by atoms with van der Waals surface area (Å²) < 4.78 is 26.8. The molecule has 24 heavy (non-hydrogen) atoms. The monoisotopic (exact) mass is 332 g/mol. The van der Waals surface area contributed by atoms with Gasteiger partial charge in [-0.25, -0.2) is 8.78 Å². The molecule has 2 aromatic carbocycles. The number of carbonyl (C=O) groups is 1. The van der Waals surface area contributed by atoms with Gasteiger partial charge in [0.05, 0.1) is 0 Å². The number of aromatic hydroxyl groups is 1. The van der Waals surface area contributed by atoms with Crippen LogP contribution in [0.25, 0.3) is 0 Å². The van der Waals surface area contributed by atoms with Gasteiger partial charge in [0.15, 0.2) is 0 Å². The summed E-state index contributed by atoms with van der Waals surface area (Å²) in [5.41, 5.74) is 1.41. The molecule has 0 unspecified atom stereocenters. The molecule has 1 fully saturated rings. The summed E-state index contributed by atoms with van der Waals surface area (Å²) >= 11 is 0. The normalized spacial score (nSPS) is 14.0. The zero-order chi connectivity index (χ0) is 17.1. The standard InChI is InChI=1S/C18H18F2N2O2/c19-13-9-14(20)17(16(23)10-13)18(24)21-11-12-5-1-2-6-15(12)22-7-3-4-8-22/h1-2,5-6,9-10,23H,3-4,7-8,11H2,(H,21,24). The minimum Gasteiger partial charge on any atom is -0.507 e. The molecule has 2 aromatic rings. The van der Waals surface area contributed by atoms with E-state index in [9.17, 15) is 18.7 Å². The molecular weight excluding hydrogens is 314 g/mol. The van der Waals surface area contributed by atoms with E-state index in [1.54, 1.807) is 0 Å². The molecule has 3 rings (SSSR count). The van der Waals surface area contributed by atoms with Gasteiger partial charge in [0, 0.05) is 37.5 Å². The van der Waals surface area contributed by atoms with Crippen molar-refractivity contribution in [1.82, 2.24) is 5.32 Å². The molecule has 126 valence electrons. The van der Waals surface area contributed by atoms with Gasteiger partial charge in [0.2, 0.25) is 0 Å². The van der Waals surface area contributed by atoms with Crippen LogP contribution >= 0.6 is 0 Å². The summed E-state index contributed by atoms with van der Waals surface area (Å²) in [6.45, 7) is 2.14. The van der Waals surface area contributed by atoms with Crippen LogP contribution in [0, 0.1) is 11.6 Å². The van der Waals surface area contributed by atoms with Crippen LogP contribution < -0.4 is 10.2 Å². The fourth-order valence-electron chi connectivity index (χ4n) is 2.98. The zero-order valence-electron chi connectivity index (χ0n) is 13.1. The molecule has 0 saturated carbocycles. The number of benzene rings is 2. The number of halogens is 2. The predicted octanol–water partition coefficient (Wildman–Crippen LogP) is 3.20. The van der Waals surface area contributed by atoms with E-state index in [0.29, 0.717) is 6.07 Å². The molecule has 0 spiro atoms. The van der Waals surface area contributed by atoms with Gasteiger partial charge in [-0.05, 0) is 24.5 Å². The quantitative estimate of drug-likeness (QED) is 0.904. The third-order valence-corrected chi connectivity index (χ3v) is 4.14. The number of phenolic OH excluding ortho intramolecular Hbond substituents is 1. The van der Waals surface area contributed by atoms with Gasteiger partial charge in [0.25, 0.3) is 5.91 Å². The SMILES string of the molecule is O=C(NCc1ccccc1N1CCCC1)c1c(O)cc(F)cc1F. The number of para-hydroxylation sites is 1. The number of carbonyl (C=O) groups excluding carboxylic acids is 1. The molecule has 0 aromatic heterocycles. The number of hydrogen-bond acceptors (Lipinski definition) is 3. The summed E-state index contributed by atoms with van der Waals surface area (Å²) in [5.74, 6) is -3.50. The third kappa shape index (κ3) is 3.32. The lowest BCUT2D eigenvalue weighted by molar-refractivity contribution is 0.0944. The van der Waals surface area contributed by atoms with Crippen molar-refractivity contribution in [3.63, 3.8) is 0 Å². The summed E-state index contributed by atoms with van der Waals surface area (Å²) in [4.78, 5) is 14.4. The van der Waals surface area contributed by atoms with Gasteiger partial charge in [-0.15, -0.1) is 0 Å². The Balaban J connectivity index is 1.76. The Morgan fingerprint density at radius 1 is 1.17 bits per heavy atom. The molecule has 0 radical (unpaired) electrons. The van der Waals surface area contributed by atoms with Crippen molar-refractivity contribution in [2.24, 2.45) is 0 Å². The lowest BCUT2D eigenvalue weighted by atomic mass is 10.1. The second kappa shape index (κ2) is 6.86. The molecule has 4 nitrogen and oxygen atoms in total. The average molecular weight is 332 g/mol. The number of nitrogens with one attached hydrogen (secondary N) is 1. The Morgan fingerprint density at radius 3 is 2.58 bits per heavy atom. The van der Waals surface area contributed by atoms with Crippen molar-refractivity contribution in [1.29, 1.82) is 0 Å². The summed E-state index contributed by atoms with van der Waals surface area (Å²) in [6, 6.07) is 8.99. The Hall–Kier alpha value is -2.63. The van der Waals surface area contributed by atoms with E-state index in [2.05, 4.69) is 10.2 Å². The number of amides is 1. The topological polar surface area (TPSA) is 52.6 Å². The largest absolute Gasteiger partial charge is 0.507 e. The van der Waals surface area contributed by atoms with E-state index in [4.69, 9.17) is 0 Å². The molecule has 0 atom stereocenters. The number of rotatable bonds is 4. The maximum atomic E-state index is 13.7. The van der Waals surface area contributed by atoms with Gasteiger partial charge >= 0.3 is 0 Å². The highest BCUT2D eigenvalue weighted by atomic mass is 19.1. The molecule has 2 N–H and O–H groups in total. The highest BCUT2D eigenvalue weighted by Gasteiger charge is 2.20. The van der Waals surface area contributed by atoms with Crippen molar-refractivity contribution in [2.75, 3.05) is 18.0 Å². The first-order chi connectivity index (χ1) is 11.6. The van der Waals surface area contributed by atoms with E-state index in [0.717, 1.165) is 43.2 Å². The van der Waals surface area contributed by atoms with Crippen molar-refractivity contribution >= 4 is 11.6 Å². The zero-order valence-corrected chi connectivity index (χ0v) is 13.1.